The van der Waals surface area contributed by atoms with Crippen LogP contribution < -0.4 is 4.74 Å². The fourth-order valence-electron chi connectivity index (χ4n) is 2.81. The zero-order chi connectivity index (χ0) is 22.4. The summed E-state index contributed by atoms with van der Waals surface area (Å²) in [6.07, 6.45) is 7.04. The summed E-state index contributed by atoms with van der Waals surface area (Å²) in [6.45, 7) is 5.37. The third-order valence-electron chi connectivity index (χ3n) is 4.49. The van der Waals surface area contributed by atoms with E-state index in [0.29, 0.717) is 24.3 Å². The Balaban J connectivity index is 1.75. The van der Waals surface area contributed by atoms with Crippen molar-refractivity contribution in [3.8, 4) is 17.1 Å². The molecule has 0 spiro atoms. The molecule has 3 rings (SSSR count). The largest absolute Gasteiger partial charge is 0.493 e. The first kappa shape index (κ1) is 22.2. The molecule has 1 N–H and O–H groups in total. The molecule has 0 fully saturated rings. The van der Waals surface area contributed by atoms with Crippen LogP contribution in [0.1, 0.15) is 36.1 Å². The summed E-state index contributed by atoms with van der Waals surface area (Å²) in [5.74, 6) is -2.07. The van der Waals surface area contributed by atoms with Crippen molar-refractivity contribution in [2.45, 2.75) is 19.4 Å². The van der Waals surface area contributed by atoms with Crippen LogP contribution in [0, 0.1) is 17.5 Å². The standard InChI is InChI=1S/C24H21F3N2O2/c1-3-4-11-31-18-8-10-20(21(25)12-18)24-28-13-16(14-29-24)5-6-17-7-9-19(15(2)30)23(27)22(17)26/h3,5-10,12-15,30H,1,4,11H2,2H3/b6-5+. The smallest absolute Gasteiger partial charge is 0.166 e. The van der Waals surface area contributed by atoms with E-state index >= 15 is 0 Å². The second-order valence-electron chi connectivity index (χ2n) is 6.79. The lowest BCUT2D eigenvalue weighted by Crippen LogP contribution is -2.00. The lowest BCUT2D eigenvalue weighted by Gasteiger charge is -2.08. The molecule has 0 bridgehead atoms. The number of hydrogen-bond acceptors (Lipinski definition) is 4. The lowest BCUT2D eigenvalue weighted by atomic mass is 10.1. The number of rotatable bonds is 8. The predicted molar refractivity (Wildman–Crippen MR) is 114 cm³/mol. The molecule has 3 aromatic rings. The number of aromatic nitrogens is 2. The van der Waals surface area contributed by atoms with E-state index in [1.54, 1.807) is 12.1 Å². The van der Waals surface area contributed by atoms with E-state index in [1.165, 1.54) is 55.7 Å². The minimum atomic E-state index is -1.11. The minimum Gasteiger partial charge on any atom is -0.493 e. The molecule has 1 unspecified atom stereocenters. The maximum absolute atomic E-state index is 14.4. The molecule has 4 nitrogen and oxygen atoms in total. The quantitative estimate of drug-likeness (QED) is 0.369. The van der Waals surface area contributed by atoms with Gasteiger partial charge in [-0.2, -0.15) is 0 Å². The molecule has 0 saturated carbocycles. The van der Waals surface area contributed by atoms with Crippen molar-refractivity contribution in [3.63, 3.8) is 0 Å². The van der Waals surface area contributed by atoms with Gasteiger partial charge in [-0.1, -0.05) is 30.4 Å². The number of aliphatic hydroxyl groups excluding tert-OH is 1. The lowest BCUT2D eigenvalue weighted by molar-refractivity contribution is 0.192. The van der Waals surface area contributed by atoms with Gasteiger partial charge in [0.2, 0.25) is 0 Å². The van der Waals surface area contributed by atoms with Crippen LogP contribution in [0.5, 0.6) is 5.75 Å². The summed E-state index contributed by atoms with van der Waals surface area (Å²) in [6, 6.07) is 7.14. The second kappa shape index (κ2) is 10.0. The van der Waals surface area contributed by atoms with Crippen LogP contribution in [0.25, 0.3) is 23.5 Å². The van der Waals surface area contributed by atoms with Crippen LogP contribution in [0.15, 0.2) is 55.4 Å². The molecular weight excluding hydrogens is 405 g/mol. The number of aliphatic hydroxyl groups is 1. The van der Waals surface area contributed by atoms with E-state index in [4.69, 9.17) is 4.74 Å². The molecule has 0 aliphatic rings. The van der Waals surface area contributed by atoms with Crippen molar-refractivity contribution in [2.75, 3.05) is 6.61 Å². The molecule has 1 atom stereocenters. The van der Waals surface area contributed by atoms with Crippen LogP contribution in [-0.2, 0) is 0 Å². The van der Waals surface area contributed by atoms with Crippen molar-refractivity contribution < 1.29 is 23.0 Å². The number of halogens is 3. The van der Waals surface area contributed by atoms with E-state index in [9.17, 15) is 18.3 Å². The third kappa shape index (κ3) is 5.38. The Morgan fingerprint density at radius 2 is 1.81 bits per heavy atom. The highest BCUT2D eigenvalue weighted by atomic mass is 19.2. The van der Waals surface area contributed by atoms with Crippen LogP contribution in [0.4, 0.5) is 13.2 Å². The highest BCUT2D eigenvalue weighted by Gasteiger charge is 2.15. The first-order valence-corrected chi connectivity index (χ1v) is 9.60. The molecule has 31 heavy (non-hydrogen) atoms. The number of benzene rings is 2. The molecule has 0 amide bonds. The van der Waals surface area contributed by atoms with Crippen LogP contribution in [-0.4, -0.2) is 21.7 Å². The molecule has 7 heteroatoms. The fraction of sp³-hybridized carbons (Fsp3) is 0.167. The van der Waals surface area contributed by atoms with Gasteiger partial charge in [0.1, 0.15) is 11.6 Å². The second-order valence-corrected chi connectivity index (χ2v) is 6.79. The summed E-state index contributed by atoms with van der Waals surface area (Å²) in [7, 11) is 0. The summed E-state index contributed by atoms with van der Waals surface area (Å²) in [5, 5.41) is 9.45. The first-order chi connectivity index (χ1) is 14.9. The Kier molecular flexibility index (Phi) is 7.20. The zero-order valence-electron chi connectivity index (χ0n) is 16.9. The van der Waals surface area contributed by atoms with Crippen molar-refractivity contribution in [1.82, 2.24) is 9.97 Å². The Hall–Kier alpha value is -3.45. The monoisotopic (exact) mass is 426 g/mol. The van der Waals surface area contributed by atoms with Gasteiger partial charge in [-0.15, -0.1) is 6.58 Å². The van der Waals surface area contributed by atoms with Crippen molar-refractivity contribution >= 4 is 12.2 Å². The number of nitrogens with zero attached hydrogens (tertiary/aromatic N) is 2. The number of ether oxygens (including phenoxy) is 1. The predicted octanol–water partition coefficient (Wildman–Crippen LogP) is 5.74. The molecule has 160 valence electrons. The van der Waals surface area contributed by atoms with Gasteiger partial charge in [0.25, 0.3) is 0 Å². The summed E-state index contributed by atoms with van der Waals surface area (Å²) in [5.41, 5.74) is 0.645. The molecule has 2 aromatic carbocycles. The van der Waals surface area contributed by atoms with Gasteiger partial charge in [-0.3, -0.25) is 0 Å². The topological polar surface area (TPSA) is 55.2 Å². The first-order valence-electron chi connectivity index (χ1n) is 9.60. The van der Waals surface area contributed by atoms with Crippen LogP contribution in [0.3, 0.4) is 0 Å². The Labute approximate surface area is 178 Å². The van der Waals surface area contributed by atoms with Gasteiger partial charge < -0.3 is 9.84 Å². The minimum absolute atomic E-state index is 0.0177. The third-order valence-corrected chi connectivity index (χ3v) is 4.49. The van der Waals surface area contributed by atoms with Crippen LogP contribution in [0.2, 0.25) is 0 Å². The Bertz CT molecular complexity index is 1100. The Morgan fingerprint density at radius 3 is 2.45 bits per heavy atom. The van der Waals surface area contributed by atoms with E-state index in [0.717, 1.165) is 0 Å². The average Bonchev–Trinajstić information content (AvgIpc) is 2.75. The van der Waals surface area contributed by atoms with Gasteiger partial charge in [0.15, 0.2) is 17.5 Å². The molecule has 0 saturated heterocycles. The SMILES string of the molecule is C=CCCOc1ccc(-c2ncc(/C=C/c3ccc(C(C)O)c(F)c3F)cn2)c(F)c1. The normalized spacial score (nSPS) is 12.2. The zero-order valence-corrected chi connectivity index (χ0v) is 16.9. The van der Waals surface area contributed by atoms with Crippen molar-refractivity contribution in [2.24, 2.45) is 0 Å². The van der Waals surface area contributed by atoms with Gasteiger partial charge >= 0.3 is 0 Å². The highest BCUT2D eigenvalue weighted by Crippen LogP contribution is 2.25. The molecule has 1 aromatic heterocycles. The molecule has 0 aliphatic heterocycles. The number of hydrogen-bond donors (Lipinski definition) is 1. The fourth-order valence-corrected chi connectivity index (χ4v) is 2.81. The molecule has 0 aliphatic carbocycles. The van der Waals surface area contributed by atoms with Crippen molar-refractivity contribution in [1.29, 1.82) is 0 Å². The van der Waals surface area contributed by atoms with E-state index in [1.807, 2.05) is 0 Å². The molecular formula is C24H21F3N2O2. The highest BCUT2D eigenvalue weighted by molar-refractivity contribution is 5.70. The van der Waals surface area contributed by atoms with E-state index < -0.39 is 23.6 Å². The summed E-state index contributed by atoms with van der Waals surface area (Å²) < 4.78 is 48.0. The summed E-state index contributed by atoms with van der Waals surface area (Å²) >= 11 is 0. The van der Waals surface area contributed by atoms with Gasteiger partial charge in [0, 0.05) is 35.2 Å². The maximum atomic E-state index is 14.4. The van der Waals surface area contributed by atoms with E-state index in [2.05, 4.69) is 16.5 Å². The maximum Gasteiger partial charge on any atom is 0.166 e. The average molecular weight is 426 g/mol. The summed E-state index contributed by atoms with van der Waals surface area (Å²) in [4.78, 5) is 8.29. The molecule has 0 radical (unpaired) electrons. The van der Waals surface area contributed by atoms with Gasteiger partial charge in [0.05, 0.1) is 18.3 Å². The van der Waals surface area contributed by atoms with E-state index in [-0.39, 0.29) is 22.5 Å². The van der Waals surface area contributed by atoms with Gasteiger partial charge in [-0.25, -0.2) is 23.1 Å². The van der Waals surface area contributed by atoms with Crippen molar-refractivity contribution in [3.05, 3.63) is 89.5 Å². The van der Waals surface area contributed by atoms with Crippen LogP contribution >= 0.6 is 0 Å². The van der Waals surface area contributed by atoms with Gasteiger partial charge in [-0.05, 0) is 25.5 Å². The Morgan fingerprint density at radius 1 is 1.06 bits per heavy atom. The molecule has 1 heterocycles.